The summed E-state index contributed by atoms with van der Waals surface area (Å²) < 4.78 is -0.996. The number of carbonyl (C=O) groups is 1. The summed E-state index contributed by atoms with van der Waals surface area (Å²) in [6.45, 7) is 0. The van der Waals surface area contributed by atoms with E-state index < -0.39 is 16.5 Å². The largest absolute Gasteiger partial charge is 0.480 e. The van der Waals surface area contributed by atoms with Crippen molar-refractivity contribution in [1.29, 1.82) is 0 Å². The summed E-state index contributed by atoms with van der Waals surface area (Å²) in [5.74, 6) is -1.01. The van der Waals surface area contributed by atoms with E-state index in [0.29, 0.717) is 6.42 Å². The van der Waals surface area contributed by atoms with Gasteiger partial charge in [0.25, 0.3) is 0 Å². The molecule has 0 aromatic rings. The van der Waals surface area contributed by atoms with Gasteiger partial charge in [0.05, 0.1) is 0 Å². The molecular formula is C9H12BrNO3. The summed E-state index contributed by atoms with van der Waals surface area (Å²) in [6.07, 6.45) is 5.75. The normalized spacial score (nSPS) is 28.4. The lowest BCUT2D eigenvalue weighted by Crippen LogP contribution is -2.30. The number of alkyl halides is 1. The standard InChI is InChI=1S/C9H12BrNO3/c10-9(14)3-1-6(2-4-9)5-7(11)8(12)13/h1-3,7,14H,4-5,11H2,(H,12,13)/t7-,9?/m0/s1. The second kappa shape index (κ2) is 4.25. The van der Waals surface area contributed by atoms with E-state index in [1.807, 2.05) is 0 Å². The number of hydrogen-bond donors (Lipinski definition) is 3. The van der Waals surface area contributed by atoms with Crippen molar-refractivity contribution in [2.75, 3.05) is 0 Å². The molecule has 2 atom stereocenters. The van der Waals surface area contributed by atoms with E-state index in [1.165, 1.54) is 0 Å². The first kappa shape index (κ1) is 11.4. The summed E-state index contributed by atoms with van der Waals surface area (Å²) in [5.41, 5.74) is 6.20. The highest BCUT2D eigenvalue weighted by Gasteiger charge is 2.22. The first-order valence-corrected chi connectivity index (χ1v) is 4.98. The van der Waals surface area contributed by atoms with E-state index in [1.54, 1.807) is 18.2 Å². The van der Waals surface area contributed by atoms with Gasteiger partial charge in [-0.15, -0.1) is 0 Å². The van der Waals surface area contributed by atoms with Crippen LogP contribution in [-0.2, 0) is 4.79 Å². The topological polar surface area (TPSA) is 83.5 Å². The van der Waals surface area contributed by atoms with Gasteiger partial charge in [-0.05, 0) is 34.0 Å². The summed E-state index contributed by atoms with van der Waals surface area (Å²) in [7, 11) is 0. The minimum Gasteiger partial charge on any atom is -0.480 e. The summed E-state index contributed by atoms with van der Waals surface area (Å²) >= 11 is 3.09. The predicted molar refractivity (Wildman–Crippen MR) is 55.9 cm³/mol. The minimum atomic E-state index is -1.01. The molecule has 0 aromatic heterocycles. The van der Waals surface area contributed by atoms with Crippen LogP contribution >= 0.6 is 15.9 Å². The van der Waals surface area contributed by atoms with E-state index in [4.69, 9.17) is 10.8 Å². The Bertz CT molecular complexity index is 296. The van der Waals surface area contributed by atoms with Crippen LogP contribution in [0.25, 0.3) is 0 Å². The Labute approximate surface area is 90.2 Å². The molecule has 4 N–H and O–H groups in total. The van der Waals surface area contributed by atoms with Gasteiger partial charge in [0.15, 0.2) is 0 Å². The van der Waals surface area contributed by atoms with Crippen LogP contribution in [0.3, 0.4) is 0 Å². The van der Waals surface area contributed by atoms with Gasteiger partial charge in [-0.1, -0.05) is 12.2 Å². The van der Waals surface area contributed by atoms with Crippen LogP contribution in [0.4, 0.5) is 0 Å². The molecule has 0 heterocycles. The van der Waals surface area contributed by atoms with Gasteiger partial charge in [-0.3, -0.25) is 4.79 Å². The first-order valence-electron chi connectivity index (χ1n) is 4.19. The highest BCUT2D eigenvalue weighted by Crippen LogP contribution is 2.27. The SMILES string of the molecule is N[C@@H](CC1=CCC(O)(Br)C=C1)C(=O)O. The molecule has 0 fully saturated rings. The average molecular weight is 262 g/mol. The van der Waals surface area contributed by atoms with Gasteiger partial charge in [0, 0.05) is 6.42 Å². The van der Waals surface area contributed by atoms with E-state index >= 15 is 0 Å². The number of aliphatic carboxylic acids is 1. The Kier molecular flexibility index (Phi) is 3.47. The van der Waals surface area contributed by atoms with Gasteiger partial charge in [-0.2, -0.15) is 0 Å². The molecule has 0 saturated heterocycles. The van der Waals surface area contributed by atoms with E-state index in [9.17, 15) is 9.90 Å². The molecule has 5 heteroatoms. The highest BCUT2D eigenvalue weighted by atomic mass is 79.9. The molecule has 4 nitrogen and oxygen atoms in total. The van der Waals surface area contributed by atoms with E-state index in [0.717, 1.165) is 5.57 Å². The lowest BCUT2D eigenvalue weighted by molar-refractivity contribution is -0.138. The average Bonchev–Trinajstić information content (AvgIpc) is 2.08. The molecule has 1 aliphatic rings. The highest BCUT2D eigenvalue weighted by molar-refractivity contribution is 9.10. The van der Waals surface area contributed by atoms with Crippen molar-refractivity contribution in [2.45, 2.75) is 23.4 Å². The molecule has 0 radical (unpaired) electrons. The van der Waals surface area contributed by atoms with E-state index in [2.05, 4.69) is 15.9 Å². The van der Waals surface area contributed by atoms with Crippen molar-refractivity contribution in [1.82, 2.24) is 0 Å². The molecule has 1 aliphatic carbocycles. The minimum absolute atomic E-state index is 0.287. The van der Waals surface area contributed by atoms with Gasteiger partial charge < -0.3 is 15.9 Å². The molecule has 0 saturated carbocycles. The zero-order valence-electron chi connectivity index (χ0n) is 7.48. The molecular weight excluding hydrogens is 250 g/mol. The molecule has 0 aliphatic heterocycles. The lowest BCUT2D eigenvalue weighted by atomic mass is 9.99. The van der Waals surface area contributed by atoms with Crippen LogP contribution in [0.5, 0.6) is 0 Å². The molecule has 78 valence electrons. The van der Waals surface area contributed by atoms with Crippen LogP contribution in [0, 0.1) is 0 Å². The van der Waals surface area contributed by atoms with E-state index in [-0.39, 0.29) is 6.42 Å². The zero-order valence-corrected chi connectivity index (χ0v) is 9.07. The number of halogens is 1. The third kappa shape index (κ3) is 3.25. The maximum absolute atomic E-state index is 10.5. The van der Waals surface area contributed by atoms with Crippen LogP contribution in [0.15, 0.2) is 23.8 Å². The van der Waals surface area contributed by atoms with Crippen LogP contribution < -0.4 is 5.73 Å². The van der Waals surface area contributed by atoms with Gasteiger partial charge >= 0.3 is 5.97 Å². The van der Waals surface area contributed by atoms with Crippen LogP contribution in [-0.4, -0.2) is 26.7 Å². The summed E-state index contributed by atoms with van der Waals surface area (Å²) in [4.78, 5) is 10.5. The number of aliphatic hydroxyl groups is 1. The maximum Gasteiger partial charge on any atom is 0.320 e. The second-order valence-corrected chi connectivity index (χ2v) is 4.66. The fraction of sp³-hybridized carbons (Fsp3) is 0.444. The lowest BCUT2D eigenvalue weighted by Gasteiger charge is -2.20. The van der Waals surface area contributed by atoms with Crippen molar-refractivity contribution in [3.05, 3.63) is 23.8 Å². The Hall–Kier alpha value is -0.650. The molecule has 1 unspecified atom stereocenters. The fourth-order valence-electron chi connectivity index (χ4n) is 1.14. The third-order valence-corrected chi connectivity index (χ3v) is 2.56. The molecule has 0 aromatic carbocycles. The van der Waals surface area contributed by atoms with Crippen molar-refractivity contribution in [3.63, 3.8) is 0 Å². The van der Waals surface area contributed by atoms with Crippen molar-refractivity contribution < 1.29 is 15.0 Å². The Balaban J connectivity index is 2.54. The Morgan fingerprint density at radius 2 is 2.43 bits per heavy atom. The first-order chi connectivity index (χ1) is 6.41. The molecule has 0 amide bonds. The second-order valence-electron chi connectivity index (χ2n) is 3.28. The van der Waals surface area contributed by atoms with Crippen LogP contribution in [0.2, 0.25) is 0 Å². The number of allylic oxidation sites excluding steroid dienone is 1. The number of nitrogens with two attached hydrogens (primary N) is 1. The molecule has 14 heavy (non-hydrogen) atoms. The molecule has 1 rings (SSSR count). The monoisotopic (exact) mass is 261 g/mol. The number of carboxylic acid groups (broad SMARTS) is 1. The molecule has 0 bridgehead atoms. The number of hydrogen-bond acceptors (Lipinski definition) is 3. The molecule has 0 spiro atoms. The number of carboxylic acids is 1. The van der Waals surface area contributed by atoms with Gasteiger partial charge in [-0.25, -0.2) is 0 Å². The van der Waals surface area contributed by atoms with Gasteiger partial charge in [0.1, 0.15) is 10.6 Å². The smallest absolute Gasteiger partial charge is 0.320 e. The Morgan fingerprint density at radius 3 is 2.86 bits per heavy atom. The zero-order chi connectivity index (χ0) is 10.8. The Morgan fingerprint density at radius 1 is 1.79 bits per heavy atom. The van der Waals surface area contributed by atoms with Crippen molar-refractivity contribution in [3.8, 4) is 0 Å². The number of rotatable bonds is 3. The maximum atomic E-state index is 10.5. The summed E-state index contributed by atoms with van der Waals surface area (Å²) in [5, 5.41) is 18.1. The predicted octanol–water partition coefficient (Wildman–Crippen LogP) is 0.758. The fourth-order valence-corrected chi connectivity index (χ4v) is 1.43. The van der Waals surface area contributed by atoms with Crippen molar-refractivity contribution >= 4 is 21.9 Å². The summed E-state index contributed by atoms with van der Waals surface area (Å²) in [6, 6.07) is -0.882. The van der Waals surface area contributed by atoms with Crippen molar-refractivity contribution in [2.24, 2.45) is 5.73 Å². The quantitative estimate of drug-likeness (QED) is 0.655. The van der Waals surface area contributed by atoms with Gasteiger partial charge in [0.2, 0.25) is 0 Å². The third-order valence-electron chi connectivity index (χ3n) is 1.98. The van der Waals surface area contributed by atoms with Crippen LogP contribution in [0.1, 0.15) is 12.8 Å².